The van der Waals surface area contributed by atoms with Crippen molar-refractivity contribution in [1.29, 1.82) is 0 Å². The Balaban J connectivity index is 0.000000210. The number of aromatic nitrogens is 2. The SMILES string of the molecule is CC(C)[O][Al]([O]C(C)C)[O]C(C)C.Oc1ccccc1-c1ccccn1.[AlH][O]c1ccccc1-c1ccccn1. The summed E-state index contributed by atoms with van der Waals surface area (Å²) < 4.78 is 22.0. The second-order valence-electron chi connectivity index (χ2n) is 9.43. The van der Waals surface area contributed by atoms with Crippen molar-refractivity contribution in [1.82, 2.24) is 9.97 Å². The molecule has 4 rings (SSSR count). The minimum absolute atomic E-state index is 0.175. The lowest BCUT2D eigenvalue weighted by Gasteiger charge is -2.19. The van der Waals surface area contributed by atoms with E-state index in [4.69, 9.17) is 15.2 Å². The van der Waals surface area contributed by atoms with Gasteiger partial charge < -0.3 is 20.3 Å². The molecule has 209 valence electrons. The van der Waals surface area contributed by atoms with Crippen LogP contribution in [0.5, 0.6) is 11.5 Å². The van der Waals surface area contributed by atoms with Crippen LogP contribution >= 0.6 is 0 Å². The molecule has 0 fully saturated rings. The van der Waals surface area contributed by atoms with Gasteiger partial charge in [-0.1, -0.05) is 36.4 Å². The van der Waals surface area contributed by atoms with Crippen LogP contribution in [-0.4, -0.2) is 65.2 Å². The quantitative estimate of drug-likeness (QED) is 0.225. The van der Waals surface area contributed by atoms with Gasteiger partial charge in [0.25, 0.3) is 0 Å². The van der Waals surface area contributed by atoms with Gasteiger partial charge in [0.2, 0.25) is 0 Å². The van der Waals surface area contributed by atoms with Crippen LogP contribution in [0.2, 0.25) is 0 Å². The van der Waals surface area contributed by atoms with Crippen molar-refractivity contribution < 1.29 is 20.3 Å². The zero-order valence-corrected chi connectivity index (χ0v) is 26.8. The summed E-state index contributed by atoms with van der Waals surface area (Å²) in [4.78, 5) is 8.43. The highest BCUT2D eigenvalue weighted by Crippen LogP contribution is 2.27. The lowest BCUT2D eigenvalue weighted by Crippen LogP contribution is -2.34. The highest BCUT2D eigenvalue weighted by molar-refractivity contribution is 6.36. The Morgan fingerprint density at radius 2 is 1.02 bits per heavy atom. The normalized spacial score (nSPS) is 10.4. The molecule has 0 aliphatic rings. The van der Waals surface area contributed by atoms with Gasteiger partial charge in [-0.2, -0.15) is 0 Å². The summed E-state index contributed by atoms with van der Waals surface area (Å²) in [5.74, 6) is 1.13. The van der Waals surface area contributed by atoms with Gasteiger partial charge in [0.1, 0.15) is 5.75 Å². The zero-order chi connectivity index (χ0) is 29.3. The molecule has 40 heavy (non-hydrogen) atoms. The van der Waals surface area contributed by atoms with Crippen molar-refractivity contribution in [3.05, 3.63) is 97.3 Å². The fourth-order valence-corrected chi connectivity index (χ4v) is 5.08. The molecule has 1 radical (unpaired) electrons. The summed E-state index contributed by atoms with van der Waals surface area (Å²) in [6.07, 6.45) is 4.02. The van der Waals surface area contributed by atoms with Crippen molar-refractivity contribution in [3.8, 4) is 34.0 Å². The molecule has 2 aromatic heterocycles. The Morgan fingerprint density at radius 1 is 0.600 bits per heavy atom. The van der Waals surface area contributed by atoms with Crippen molar-refractivity contribution >= 4 is 31.8 Å². The van der Waals surface area contributed by atoms with E-state index in [1.165, 1.54) is 16.6 Å². The van der Waals surface area contributed by atoms with Gasteiger partial charge in [0.05, 0.1) is 17.1 Å². The Labute approximate surface area is 252 Å². The molecule has 0 spiro atoms. The fraction of sp³-hybridized carbons (Fsp3) is 0.290. The molecule has 4 aromatic rings. The molecule has 2 aromatic carbocycles. The van der Waals surface area contributed by atoms with Crippen molar-refractivity contribution in [2.24, 2.45) is 0 Å². The number of nitrogens with zero attached hydrogens (tertiary/aromatic N) is 2. The third kappa shape index (κ3) is 12.6. The Morgan fingerprint density at radius 3 is 1.45 bits per heavy atom. The van der Waals surface area contributed by atoms with Gasteiger partial charge in [-0.3, -0.25) is 9.97 Å². The van der Waals surface area contributed by atoms with E-state index in [-0.39, 0.29) is 24.1 Å². The summed E-state index contributed by atoms with van der Waals surface area (Å²) in [5, 5.41) is 9.52. The van der Waals surface area contributed by atoms with Crippen LogP contribution in [-0.2, 0) is 11.4 Å². The maximum atomic E-state index is 9.52. The number of rotatable bonds is 9. The largest absolute Gasteiger partial charge is 0.906 e. The Bertz CT molecular complexity index is 1200. The molecular formula is C31H39Al2N2O5. The molecule has 0 amide bonds. The average Bonchev–Trinajstić information content (AvgIpc) is 2.94. The van der Waals surface area contributed by atoms with Crippen LogP contribution in [0.1, 0.15) is 41.5 Å². The molecule has 9 heteroatoms. The lowest BCUT2D eigenvalue weighted by molar-refractivity contribution is 0.0335. The van der Waals surface area contributed by atoms with E-state index in [0.29, 0.717) is 0 Å². The predicted molar refractivity (Wildman–Crippen MR) is 163 cm³/mol. The third-order valence-electron chi connectivity index (χ3n) is 4.98. The lowest BCUT2D eigenvalue weighted by atomic mass is 10.1. The van der Waals surface area contributed by atoms with Gasteiger partial charge in [0.15, 0.2) is 0 Å². The highest BCUT2D eigenvalue weighted by Gasteiger charge is 2.34. The van der Waals surface area contributed by atoms with Gasteiger partial charge in [-0.05, 0) is 90.1 Å². The smallest absolute Gasteiger partial charge is 0.650 e. The third-order valence-corrected chi connectivity index (χ3v) is 7.59. The Hall–Kier alpha value is -2.72. The van der Waals surface area contributed by atoms with E-state index in [9.17, 15) is 5.11 Å². The molecule has 0 aliphatic heterocycles. The van der Waals surface area contributed by atoms with E-state index >= 15 is 0 Å². The maximum absolute atomic E-state index is 9.52. The first-order chi connectivity index (χ1) is 19.2. The van der Waals surface area contributed by atoms with Gasteiger partial charge in [-0.15, -0.1) is 0 Å². The number of phenolic OH excluding ortho intramolecular Hbond substituents is 1. The number of para-hydroxylation sites is 2. The van der Waals surface area contributed by atoms with Gasteiger partial charge in [-0.25, -0.2) is 0 Å². The van der Waals surface area contributed by atoms with E-state index < -0.39 is 15.1 Å². The molecule has 0 bridgehead atoms. The van der Waals surface area contributed by atoms with Crippen LogP contribution in [0.25, 0.3) is 22.5 Å². The summed E-state index contributed by atoms with van der Waals surface area (Å²) in [6, 6.07) is 26.5. The van der Waals surface area contributed by atoms with Crippen molar-refractivity contribution in [2.75, 3.05) is 0 Å². The predicted octanol–water partition coefficient (Wildman–Crippen LogP) is 6.64. The zero-order valence-electron chi connectivity index (χ0n) is 24.2. The number of hydrogen-bond acceptors (Lipinski definition) is 7. The van der Waals surface area contributed by atoms with Crippen LogP contribution in [0.3, 0.4) is 0 Å². The van der Waals surface area contributed by atoms with Crippen LogP contribution in [0.15, 0.2) is 97.3 Å². The highest BCUT2D eigenvalue weighted by atomic mass is 27.3. The van der Waals surface area contributed by atoms with E-state index in [1.54, 1.807) is 24.5 Å². The first-order valence-electron chi connectivity index (χ1n) is 13.3. The Kier molecular flexibility index (Phi) is 15.6. The topological polar surface area (TPSA) is 82.9 Å². The second-order valence-corrected chi connectivity index (χ2v) is 11.1. The number of pyridine rings is 2. The minimum Gasteiger partial charge on any atom is -0.650 e. The molecule has 0 atom stereocenters. The number of benzene rings is 2. The molecule has 0 aliphatic carbocycles. The first-order valence-corrected chi connectivity index (χ1v) is 15.3. The number of hydrogen-bond donors (Lipinski definition) is 1. The van der Waals surface area contributed by atoms with Gasteiger partial charge in [0, 0.05) is 41.8 Å². The minimum atomic E-state index is -1.91. The molecule has 0 unspecified atom stereocenters. The molecule has 0 saturated carbocycles. The maximum Gasteiger partial charge on any atom is 0.906 e. The van der Waals surface area contributed by atoms with E-state index in [2.05, 4.69) is 9.97 Å². The summed E-state index contributed by atoms with van der Waals surface area (Å²) in [5.41, 5.74) is 3.53. The summed E-state index contributed by atoms with van der Waals surface area (Å²) in [7, 11) is 0. The first kappa shape index (κ1) is 33.5. The van der Waals surface area contributed by atoms with Crippen LogP contribution in [0, 0.1) is 0 Å². The fourth-order valence-electron chi connectivity index (χ4n) is 3.30. The molecule has 0 saturated heterocycles. The molecule has 1 N–H and O–H groups in total. The van der Waals surface area contributed by atoms with Crippen LogP contribution in [0.4, 0.5) is 0 Å². The average molecular weight is 574 g/mol. The van der Waals surface area contributed by atoms with Crippen LogP contribution < -0.4 is 3.79 Å². The van der Waals surface area contributed by atoms with E-state index in [0.717, 1.165) is 28.3 Å². The van der Waals surface area contributed by atoms with Crippen molar-refractivity contribution in [2.45, 2.75) is 59.9 Å². The molecule has 2 heterocycles. The van der Waals surface area contributed by atoms with Gasteiger partial charge >= 0.3 is 31.8 Å². The van der Waals surface area contributed by atoms with Crippen molar-refractivity contribution in [3.63, 3.8) is 0 Å². The number of aromatic hydroxyl groups is 1. The summed E-state index contributed by atoms with van der Waals surface area (Å²) >= 11 is -0.433. The molecule has 7 nitrogen and oxygen atoms in total. The standard InChI is InChI=1S/2C11H9NO.3C3H7O.2Al.H/c2*13-11-7-2-1-5-9(11)10-6-3-4-8-12-10;3*1-3(2)4;;;/h2*1-8,13H;3*3H,1-2H3;;;/q;;3*-1;+1;+3;/p-1. The molecular weight excluding hydrogens is 534 g/mol. The second kappa shape index (κ2) is 18.6. The number of phenols is 1. The monoisotopic (exact) mass is 573 g/mol. The van der Waals surface area contributed by atoms with E-state index in [1.807, 2.05) is 114 Å². The summed E-state index contributed by atoms with van der Waals surface area (Å²) in [6.45, 7) is 12.0.